The monoisotopic (exact) mass is 394 g/mol. The fourth-order valence-electron chi connectivity index (χ4n) is 5.26. The average Bonchev–Trinajstić information content (AvgIpc) is 2.79. The van der Waals surface area contributed by atoms with E-state index in [0.717, 1.165) is 32.7 Å². The standard InChI is InChI=1S/C27H38O2/c1-3-29-22-27(21-28-2,25-17-11-6-12-18-25)20-19-26(23-13-7-4-8-14-23)24-15-9-5-10-16-24/h4-5,7-10,13-16,25-26H,3,6,11-12,17-22H2,1-2H3. The van der Waals surface area contributed by atoms with Gasteiger partial charge in [0.15, 0.2) is 0 Å². The first kappa shape index (κ1) is 22.1. The van der Waals surface area contributed by atoms with Crippen molar-refractivity contribution in [3.05, 3.63) is 71.8 Å². The van der Waals surface area contributed by atoms with Crippen LogP contribution in [0.5, 0.6) is 0 Å². The van der Waals surface area contributed by atoms with E-state index in [4.69, 9.17) is 9.47 Å². The van der Waals surface area contributed by atoms with Gasteiger partial charge in [-0.25, -0.2) is 0 Å². The van der Waals surface area contributed by atoms with Crippen LogP contribution in [-0.2, 0) is 9.47 Å². The van der Waals surface area contributed by atoms with Gasteiger partial charge in [0.05, 0.1) is 13.2 Å². The van der Waals surface area contributed by atoms with E-state index in [0.29, 0.717) is 11.8 Å². The number of hydrogen-bond donors (Lipinski definition) is 0. The summed E-state index contributed by atoms with van der Waals surface area (Å²) in [7, 11) is 1.86. The van der Waals surface area contributed by atoms with Gasteiger partial charge < -0.3 is 9.47 Å². The third kappa shape index (κ3) is 5.93. The summed E-state index contributed by atoms with van der Waals surface area (Å²) in [6.45, 7) is 4.50. The van der Waals surface area contributed by atoms with Crippen LogP contribution in [-0.4, -0.2) is 26.9 Å². The lowest BCUT2D eigenvalue weighted by Gasteiger charge is -2.43. The zero-order valence-corrected chi connectivity index (χ0v) is 18.3. The molecule has 1 unspecified atom stereocenters. The van der Waals surface area contributed by atoms with Gasteiger partial charge in [0.1, 0.15) is 0 Å². The predicted octanol–water partition coefficient (Wildman–Crippen LogP) is 6.85. The third-order valence-electron chi connectivity index (χ3n) is 6.83. The molecule has 1 saturated carbocycles. The van der Waals surface area contributed by atoms with Crippen molar-refractivity contribution >= 4 is 0 Å². The van der Waals surface area contributed by atoms with Crippen molar-refractivity contribution in [3.63, 3.8) is 0 Å². The minimum Gasteiger partial charge on any atom is -0.384 e. The maximum absolute atomic E-state index is 6.07. The minimum absolute atomic E-state index is 0.118. The Hall–Kier alpha value is -1.64. The Labute approximate surface area is 177 Å². The molecule has 0 radical (unpaired) electrons. The molecule has 0 heterocycles. The predicted molar refractivity (Wildman–Crippen MR) is 121 cm³/mol. The highest BCUT2D eigenvalue weighted by Crippen LogP contribution is 2.45. The topological polar surface area (TPSA) is 18.5 Å². The van der Waals surface area contributed by atoms with E-state index < -0.39 is 0 Å². The molecule has 0 spiro atoms. The largest absolute Gasteiger partial charge is 0.384 e. The van der Waals surface area contributed by atoms with Gasteiger partial charge in [-0.3, -0.25) is 0 Å². The second kappa shape index (κ2) is 11.5. The van der Waals surface area contributed by atoms with Crippen LogP contribution >= 0.6 is 0 Å². The molecule has 2 aromatic carbocycles. The summed E-state index contributed by atoms with van der Waals surface area (Å²) in [6.07, 6.45) is 8.98. The van der Waals surface area contributed by atoms with Gasteiger partial charge in [-0.2, -0.15) is 0 Å². The summed E-state index contributed by atoms with van der Waals surface area (Å²) < 4.78 is 11.9. The minimum atomic E-state index is 0.118. The van der Waals surface area contributed by atoms with Crippen LogP contribution in [0.1, 0.15) is 68.9 Å². The van der Waals surface area contributed by atoms with E-state index in [1.165, 1.54) is 43.2 Å². The van der Waals surface area contributed by atoms with E-state index in [1.807, 2.05) is 7.11 Å². The summed E-state index contributed by atoms with van der Waals surface area (Å²) >= 11 is 0. The average molecular weight is 395 g/mol. The second-order valence-corrected chi connectivity index (χ2v) is 8.68. The van der Waals surface area contributed by atoms with Crippen molar-refractivity contribution in [1.29, 1.82) is 0 Å². The highest BCUT2D eigenvalue weighted by Gasteiger charge is 2.40. The van der Waals surface area contributed by atoms with Crippen LogP contribution in [0.4, 0.5) is 0 Å². The van der Waals surface area contributed by atoms with Crippen molar-refractivity contribution in [1.82, 2.24) is 0 Å². The lowest BCUT2D eigenvalue weighted by molar-refractivity contribution is -0.0578. The molecule has 0 aromatic heterocycles. The van der Waals surface area contributed by atoms with Gasteiger partial charge in [-0.15, -0.1) is 0 Å². The Kier molecular flexibility index (Phi) is 8.76. The molecule has 2 aromatic rings. The Morgan fingerprint density at radius 2 is 1.45 bits per heavy atom. The maximum Gasteiger partial charge on any atom is 0.0547 e. The van der Waals surface area contributed by atoms with Gasteiger partial charge in [-0.05, 0) is 49.7 Å². The van der Waals surface area contributed by atoms with Gasteiger partial charge in [-0.1, -0.05) is 79.9 Å². The molecule has 0 amide bonds. The van der Waals surface area contributed by atoms with Crippen LogP contribution in [0.25, 0.3) is 0 Å². The lowest BCUT2D eigenvalue weighted by Crippen LogP contribution is -2.41. The fraction of sp³-hybridized carbons (Fsp3) is 0.556. The van der Waals surface area contributed by atoms with E-state index in [2.05, 4.69) is 67.6 Å². The maximum atomic E-state index is 6.07. The summed E-state index contributed by atoms with van der Waals surface area (Å²) in [5.74, 6) is 1.12. The third-order valence-corrected chi connectivity index (χ3v) is 6.83. The first-order chi connectivity index (χ1) is 14.3. The molecule has 1 aliphatic carbocycles. The number of methoxy groups -OCH3 is 1. The molecular weight excluding hydrogens is 356 g/mol. The number of benzene rings is 2. The Morgan fingerprint density at radius 1 is 0.862 bits per heavy atom. The zero-order valence-electron chi connectivity index (χ0n) is 18.3. The quantitative estimate of drug-likeness (QED) is 0.415. The number of rotatable bonds is 11. The van der Waals surface area contributed by atoms with E-state index >= 15 is 0 Å². The first-order valence-electron chi connectivity index (χ1n) is 11.5. The highest BCUT2D eigenvalue weighted by molar-refractivity contribution is 5.32. The normalized spacial score (nSPS) is 17.3. The van der Waals surface area contributed by atoms with Gasteiger partial charge in [0.25, 0.3) is 0 Å². The van der Waals surface area contributed by atoms with Crippen molar-refractivity contribution in [3.8, 4) is 0 Å². The molecule has 1 fully saturated rings. The zero-order chi connectivity index (χ0) is 20.4. The van der Waals surface area contributed by atoms with Gasteiger partial charge in [0.2, 0.25) is 0 Å². The second-order valence-electron chi connectivity index (χ2n) is 8.68. The molecule has 0 bridgehead atoms. The summed E-state index contributed by atoms with van der Waals surface area (Å²) in [5, 5.41) is 0. The highest BCUT2D eigenvalue weighted by atomic mass is 16.5. The van der Waals surface area contributed by atoms with Gasteiger partial charge >= 0.3 is 0 Å². The Bertz CT molecular complexity index is 639. The molecule has 0 aliphatic heterocycles. The van der Waals surface area contributed by atoms with Crippen LogP contribution in [0.15, 0.2) is 60.7 Å². The molecular formula is C27H38O2. The SMILES string of the molecule is CCOCC(CCC(c1ccccc1)c1ccccc1)(COC)C1CCCCC1. The molecule has 0 saturated heterocycles. The lowest BCUT2D eigenvalue weighted by atomic mass is 9.66. The smallest absolute Gasteiger partial charge is 0.0547 e. The Morgan fingerprint density at radius 3 is 1.97 bits per heavy atom. The molecule has 1 atom stereocenters. The Balaban J connectivity index is 1.85. The molecule has 29 heavy (non-hydrogen) atoms. The van der Waals surface area contributed by atoms with Crippen molar-refractivity contribution < 1.29 is 9.47 Å². The van der Waals surface area contributed by atoms with Crippen molar-refractivity contribution in [2.24, 2.45) is 11.3 Å². The van der Waals surface area contributed by atoms with E-state index in [1.54, 1.807) is 0 Å². The molecule has 2 nitrogen and oxygen atoms in total. The van der Waals surface area contributed by atoms with E-state index in [9.17, 15) is 0 Å². The van der Waals surface area contributed by atoms with Crippen molar-refractivity contribution in [2.45, 2.75) is 57.8 Å². The number of hydrogen-bond acceptors (Lipinski definition) is 2. The summed E-state index contributed by atoms with van der Waals surface area (Å²) in [6, 6.07) is 22.0. The fourth-order valence-corrected chi connectivity index (χ4v) is 5.26. The molecule has 158 valence electrons. The van der Waals surface area contributed by atoms with Crippen molar-refractivity contribution in [2.75, 3.05) is 26.9 Å². The van der Waals surface area contributed by atoms with Crippen LogP contribution in [0, 0.1) is 11.3 Å². The van der Waals surface area contributed by atoms with Crippen LogP contribution in [0.3, 0.4) is 0 Å². The van der Waals surface area contributed by atoms with E-state index in [-0.39, 0.29) is 5.41 Å². The van der Waals surface area contributed by atoms with Crippen LogP contribution < -0.4 is 0 Å². The summed E-state index contributed by atoms with van der Waals surface area (Å²) in [5.41, 5.74) is 2.93. The van der Waals surface area contributed by atoms with Gasteiger partial charge in [0, 0.05) is 25.0 Å². The molecule has 0 N–H and O–H groups in total. The molecule has 3 rings (SSSR count). The van der Waals surface area contributed by atoms with Crippen LogP contribution in [0.2, 0.25) is 0 Å². The first-order valence-corrected chi connectivity index (χ1v) is 11.5. The number of ether oxygens (including phenoxy) is 2. The molecule has 2 heteroatoms. The molecule has 1 aliphatic rings. The summed E-state index contributed by atoms with van der Waals surface area (Å²) in [4.78, 5) is 0.